The maximum absolute atomic E-state index is 9.76. The van der Waals surface area contributed by atoms with Gasteiger partial charge in [0, 0.05) is 24.3 Å². The standard InChI is InChI=1S/2C16H18O4/c2*1-19-14-7-11(8-15(10-14)20-2)3-4-12-5-6-13(17)9-16(12)18/h2*5-10,17-18H,3-4H2,1-2H3. The van der Waals surface area contributed by atoms with Crippen LogP contribution in [0.1, 0.15) is 22.3 Å². The zero-order chi connectivity index (χ0) is 29.1. The molecule has 0 aliphatic rings. The zero-order valence-electron chi connectivity index (χ0n) is 23.2. The van der Waals surface area contributed by atoms with Gasteiger partial charge in [0.2, 0.25) is 0 Å². The van der Waals surface area contributed by atoms with Gasteiger partial charge in [-0.05, 0) is 84.3 Å². The molecule has 0 bridgehead atoms. The van der Waals surface area contributed by atoms with Crippen LogP contribution in [0.25, 0.3) is 0 Å². The Labute approximate surface area is 234 Å². The topological polar surface area (TPSA) is 118 Å². The van der Waals surface area contributed by atoms with E-state index in [9.17, 15) is 20.4 Å². The van der Waals surface area contributed by atoms with Crippen molar-refractivity contribution in [2.75, 3.05) is 28.4 Å². The lowest BCUT2D eigenvalue weighted by molar-refractivity contribution is 0.393. The smallest absolute Gasteiger partial charge is 0.122 e. The highest BCUT2D eigenvalue weighted by molar-refractivity contribution is 5.43. The van der Waals surface area contributed by atoms with Crippen LogP contribution in [-0.2, 0) is 25.7 Å². The normalized spacial score (nSPS) is 10.3. The first-order valence-electron chi connectivity index (χ1n) is 12.7. The van der Waals surface area contributed by atoms with E-state index >= 15 is 0 Å². The highest BCUT2D eigenvalue weighted by atomic mass is 16.5. The first-order chi connectivity index (χ1) is 19.2. The SMILES string of the molecule is COc1cc(CCc2ccc(O)cc2O)cc(OC)c1.COc1cc(CCc2ccc(O)cc2O)cc(OC)c1. The molecule has 0 radical (unpaired) electrons. The van der Waals surface area contributed by atoms with Gasteiger partial charge in [-0.1, -0.05) is 12.1 Å². The maximum atomic E-state index is 9.76. The highest BCUT2D eigenvalue weighted by Crippen LogP contribution is 2.28. The third kappa shape index (κ3) is 8.66. The van der Waals surface area contributed by atoms with Crippen LogP contribution in [0.15, 0.2) is 72.8 Å². The monoisotopic (exact) mass is 548 g/mol. The van der Waals surface area contributed by atoms with Gasteiger partial charge < -0.3 is 39.4 Å². The summed E-state index contributed by atoms with van der Waals surface area (Å²) in [6.07, 6.45) is 2.82. The average Bonchev–Trinajstić information content (AvgIpc) is 2.96. The van der Waals surface area contributed by atoms with Gasteiger partial charge in [-0.3, -0.25) is 0 Å². The fourth-order valence-corrected chi connectivity index (χ4v) is 4.11. The Morgan fingerprint density at radius 3 is 1.02 bits per heavy atom. The van der Waals surface area contributed by atoms with E-state index in [0.29, 0.717) is 12.8 Å². The van der Waals surface area contributed by atoms with Crippen molar-refractivity contribution in [1.82, 2.24) is 0 Å². The molecule has 4 N–H and O–H groups in total. The molecule has 8 nitrogen and oxygen atoms in total. The van der Waals surface area contributed by atoms with Gasteiger partial charge in [0.25, 0.3) is 0 Å². The van der Waals surface area contributed by atoms with Gasteiger partial charge in [0.1, 0.15) is 46.0 Å². The van der Waals surface area contributed by atoms with E-state index in [1.54, 1.807) is 52.7 Å². The largest absolute Gasteiger partial charge is 0.508 e. The Morgan fingerprint density at radius 2 is 0.750 bits per heavy atom. The highest BCUT2D eigenvalue weighted by Gasteiger charge is 2.07. The molecule has 0 aliphatic carbocycles. The number of rotatable bonds is 10. The van der Waals surface area contributed by atoms with E-state index in [1.165, 1.54) is 12.1 Å². The minimum atomic E-state index is 0.0642. The van der Waals surface area contributed by atoms with Crippen molar-refractivity contribution in [1.29, 1.82) is 0 Å². The maximum Gasteiger partial charge on any atom is 0.122 e. The van der Waals surface area contributed by atoms with Crippen molar-refractivity contribution < 1.29 is 39.4 Å². The molecule has 40 heavy (non-hydrogen) atoms. The molecule has 4 aromatic rings. The van der Waals surface area contributed by atoms with Crippen molar-refractivity contribution in [2.24, 2.45) is 0 Å². The summed E-state index contributed by atoms with van der Waals surface area (Å²) in [7, 11) is 6.46. The van der Waals surface area contributed by atoms with E-state index in [1.807, 2.05) is 36.4 Å². The Kier molecular flexibility index (Phi) is 10.8. The lowest BCUT2D eigenvalue weighted by Crippen LogP contribution is -1.95. The summed E-state index contributed by atoms with van der Waals surface area (Å²) < 4.78 is 20.9. The van der Waals surface area contributed by atoms with Crippen molar-refractivity contribution in [3.8, 4) is 46.0 Å². The molecule has 0 saturated heterocycles. The zero-order valence-corrected chi connectivity index (χ0v) is 23.2. The molecule has 0 unspecified atom stereocenters. The van der Waals surface area contributed by atoms with Gasteiger partial charge in [-0.2, -0.15) is 0 Å². The van der Waals surface area contributed by atoms with Gasteiger partial charge in [0.15, 0.2) is 0 Å². The molecule has 0 aromatic heterocycles. The number of aryl methyl sites for hydroxylation is 4. The van der Waals surface area contributed by atoms with E-state index in [0.717, 1.165) is 58.1 Å². The molecular weight excluding hydrogens is 512 g/mol. The summed E-state index contributed by atoms with van der Waals surface area (Å²) in [5.41, 5.74) is 3.72. The summed E-state index contributed by atoms with van der Waals surface area (Å²) in [6, 6.07) is 20.7. The molecule has 0 spiro atoms. The van der Waals surface area contributed by atoms with Crippen LogP contribution in [0.2, 0.25) is 0 Å². The Hall–Kier alpha value is -4.72. The fraction of sp³-hybridized carbons (Fsp3) is 0.250. The van der Waals surface area contributed by atoms with Crippen LogP contribution in [0.5, 0.6) is 46.0 Å². The predicted molar refractivity (Wildman–Crippen MR) is 153 cm³/mol. The number of aromatic hydroxyl groups is 4. The molecule has 8 heteroatoms. The molecule has 0 fully saturated rings. The average molecular weight is 549 g/mol. The van der Waals surface area contributed by atoms with E-state index in [2.05, 4.69) is 0 Å². The van der Waals surface area contributed by atoms with E-state index in [4.69, 9.17) is 18.9 Å². The van der Waals surface area contributed by atoms with E-state index in [-0.39, 0.29) is 23.0 Å². The molecule has 0 aliphatic heterocycles. The van der Waals surface area contributed by atoms with Crippen LogP contribution in [-0.4, -0.2) is 48.9 Å². The predicted octanol–water partition coefficient (Wildman–Crippen LogP) is 5.80. The van der Waals surface area contributed by atoms with Crippen molar-refractivity contribution in [3.05, 3.63) is 95.1 Å². The van der Waals surface area contributed by atoms with Crippen LogP contribution < -0.4 is 18.9 Å². The first kappa shape index (κ1) is 29.8. The second-order valence-corrected chi connectivity index (χ2v) is 9.07. The molecule has 0 saturated carbocycles. The Balaban J connectivity index is 0.000000220. The van der Waals surface area contributed by atoms with Gasteiger partial charge in [0.05, 0.1) is 28.4 Å². The number of phenols is 4. The lowest BCUT2D eigenvalue weighted by Gasteiger charge is -2.09. The van der Waals surface area contributed by atoms with Crippen LogP contribution in [0.4, 0.5) is 0 Å². The minimum absolute atomic E-state index is 0.0642. The number of phenolic OH excluding ortho intramolecular Hbond substituents is 4. The summed E-state index contributed by atoms with van der Waals surface area (Å²) in [5, 5.41) is 38.1. The Morgan fingerprint density at radius 1 is 0.425 bits per heavy atom. The summed E-state index contributed by atoms with van der Waals surface area (Å²) in [5.74, 6) is 3.33. The fourth-order valence-electron chi connectivity index (χ4n) is 4.11. The molecule has 0 amide bonds. The minimum Gasteiger partial charge on any atom is -0.508 e. The van der Waals surface area contributed by atoms with Crippen molar-refractivity contribution in [3.63, 3.8) is 0 Å². The van der Waals surface area contributed by atoms with Crippen LogP contribution in [0.3, 0.4) is 0 Å². The van der Waals surface area contributed by atoms with Gasteiger partial charge in [-0.25, -0.2) is 0 Å². The third-order valence-electron chi connectivity index (χ3n) is 6.33. The molecule has 4 rings (SSSR count). The summed E-state index contributed by atoms with van der Waals surface area (Å²) in [6.45, 7) is 0. The first-order valence-corrected chi connectivity index (χ1v) is 12.7. The lowest BCUT2D eigenvalue weighted by atomic mass is 10.0. The number of hydrogen-bond donors (Lipinski definition) is 4. The third-order valence-corrected chi connectivity index (χ3v) is 6.33. The second kappa shape index (κ2) is 14.4. The van der Waals surface area contributed by atoms with Crippen molar-refractivity contribution in [2.45, 2.75) is 25.7 Å². The quantitative estimate of drug-likeness (QED) is 0.196. The van der Waals surface area contributed by atoms with Crippen LogP contribution >= 0.6 is 0 Å². The van der Waals surface area contributed by atoms with Gasteiger partial charge >= 0.3 is 0 Å². The summed E-state index contributed by atoms with van der Waals surface area (Å²) >= 11 is 0. The number of hydrogen-bond acceptors (Lipinski definition) is 8. The number of methoxy groups -OCH3 is 4. The number of ether oxygens (including phenoxy) is 4. The molecule has 0 atom stereocenters. The molecule has 212 valence electrons. The second-order valence-electron chi connectivity index (χ2n) is 9.07. The summed E-state index contributed by atoms with van der Waals surface area (Å²) in [4.78, 5) is 0. The molecular formula is C32H36O8. The molecule has 0 heterocycles. The van der Waals surface area contributed by atoms with Gasteiger partial charge in [-0.15, -0.1) is 0 Å². The molecule has 4 aromatic carbocycles. The van der Waals surface area contributed by atoms with Crippen molar-refractivity contribution >= 4 is 0 Å². The number of benzene rings is 4. The van der Waals surface area contributed by atoms with Crippen LogP contribution in [0, 0.1) is 0 Å². The Bertz CT molecular complexity index is 1250. The van der Waals surface area contributed by atoms with E-state index < -0.39 is 0 Å².